The zero-order valence-corrected chi connectivity index (χ0v) is 21.9. The summed E-state index contributed by atoms with van der Waals surface area (Å²) in [7, 11) is 0. The quantitative estimate of drug-likeness (QED) is 0.494. The zero-order valence-electron chi connectivity index (χ0n) is 21.9. The molecule has 4 saturated carbocycles. The third-order valence-electron chi connectivity index (χ3n) is 12.5. The SMILES string of the molecule is C[C@H](CCC(C)(C)C)[C@@]1(C)CC[C@H]2[C@@H]3[C@H](O)C[C@@H]4C[C@H](O)CC[C@]4(C)[C@@]3(C)CC[C@@]21C. The minimum Gasteiger partial charge on any atom is -0.393 e. The second kappa shape index (κ2) is 7.46. The molecule has 0 heterocycles. The number of rotatable bonds is 3. The number of hydrogen-bond acceptors (Lipinski definition) is 2. The van der Waals surface area contributed by atoms with Crippen molar-refractivity contribution in [2.24, 2.45) is 50.7 Å². The van der Waals surface area contributed by atoms with Crippen LogP contribution < -0.4 is 0 Å². The number of hydrogen-bond donors (Lipinski definition) is 2. The van der Waals surface area contributed by atoms with E-state index < -0.39 is 0 Å². The molecule has 180 valence electrons. The maximum Gasteiger partial charge on any atom is 0.0579 e. The van der Waals surface area contributed by atoms with Gasteiger partial charge in [0.25, 0.3) is 0 Å². The van der Waals surface area contributed by atoms with Crippen LogP contribution in [-0.2, 0) is 0 Å². The van der Waals surface area contributed by atoms with Gasteiger partial charge in [-0.05, 0) is 115 Å². The number of aliphatic hydroxyl groups is 2. The summed E-state index contributed by atoms with van der Waals surface area (Å²) in [5, 5.41) is 22.0. The molecule has 2 heteroatoms. The van der Waals surface area contributed by atoms with E-state index in [1.54, 1.807) is 0 Å². The zero-order chi connectivity index (χ0) is 23.0. The van der Waals surface area contributed by atoms with Crippen LogP contribution in [0.3, 0.4) is 0 Å². The van der Waals surface area contributed by atoms with Crippen LogP contribution in [0.2, 0.25) is 0 Å². The molecule has 0 saturated heterocycles. The Morgan fingerprint density at radius 3 is 2.13 bits per heavy atom. The average Bonchev–Trinajstić information content (AvgIpc) is 2.94. The van der Waals surface area contributed by atoms with Gasteiger partial charge >= 0.3 is 0 Å². The highest BCUT2D eigenvalue weighted by atomic mass is 16.3. The van der Waals surface area contributed by atoms with E-state index in [1.807, 2.05) is 0 Å². The molecule has 10 atom stereocenters. The van der Waals surface area contributed by atoms with Gasteiger partial charge in [0.2, 0.25) is 0 Å². The van der Waals surface area contributed by atoms with Crippen molar-refractivity contribution in [1.29, 1.82) is 0 Å². The Hall–Kier alpha value is -0.0800. The highest BCUT2D eigenvalue weighted by Crippen LogP contribution is 2.75. The van der Waals surface area contributed by atoms with Gasteiger partial charge in [0.05, 0.1) is 12.2 Å². The van der Waals surface area contributed by atoms with Crippen LogP contribution in [0, 0.1) is 50.7 Å². The van der Waals surface area contributed by atoms with Crippen molar-refractivity contribution in [3.63, 3.8) is 0 Å². The number of fused-ring (bicyclic) bond motifs is 5. The van der Waals surface area contributed by atoms with Gasteiger partial charge in [-0.1, -0.05) is 55.4 Å². The Balaban J connectivity index is 1.63. The van der Waals surface area contributed by atoms with Crippen LogP contribution in [0.5, 0.6) is 0 Å². The highest BCUT2D eigenvalue weighted by molar-refractivity contribution is 5.18. The van der Waals surface area contributed by atoms with Crippen molar-refractivity contribution < 1.29 is 10.2 Å². The second-order valence-electron chi connectivity index (χ2n) is 14.8. The predicted molar refractivity (Wildman–Crippen MR) is 130 cm³/mol. The van der Waals surface area contributed by atoms with Crippen LogP contribution in [0.1, 0.15) is 120 Å². The topological polar surface area (TPSA) is 40.5 Å². The Bertz CT molecular complexity index is 681. The first-order chi connectivity index (χ1) is 14.2. The second-order valence-corrected chi connectivity index (χ2v) is 14.8. The molecule has 4 aliphatic rings. The first-order valence-electron chi connectivity index (χ1n) is 13.5. The molecule has 4 rings (SSSR count). The van der Waals surface area contributed by atoms with Crippen molar-refractivity contribution >= 4 is 0 Å². The van der Waals surface area contributed by atoms with Crippen molar-refractivity contribution in [3.8, 4) is 0 Å². The molecule has 0 amide bonds. The molecule has 0 aromatic rings. The summed E-state index contributed by atoms with van der Waals surface area (Å²) >= 11 is 0. The van der Waals surface area contributed by atoms with E-state index in [4.69, 9.17) is 0 Å². The molecular formula is C29H52O2. The van der Waals surface area contributed by atoms with Crippen LogP contribution in [0.4, 0.5) is 0 Å². The Labute approximate surface area is 193 Å². The Kier molecular flexibility index (Phi) is 5.79. The van der Waals surface area contributed by atoms with Crippen molar-refractivity contribution in [3.05, 3.63) is 0 Å². The van der Waals surface area contributed by atoms with Crippen LogP contribution in [-0.4, -0.2) is 22.4 Å². The molecular weight excluding hydrogens is 380 g/mol. The van der Waals surface area contributed by atoms with Crippen LogP contribution in [0.15, 0.2) is 0 Å². The lowest BCUT2D eigenvalue weighted by atomic mass is 9.36. The van der Waals surface area contributed by atoms with Crippen molar-refractivity contribution in [2.45, 2.75) is 132 Å². The molecule has 4 aliphatic carbocycles. The van der Waals surface area contributed by atoms with E-state index in [2.05, 4.69) is 55.4 Å². The summed E-state index contributed by atoms with van der Waals surface area (Å²) in [5.74, 6) is 2.29. The normalized spacial score (nSPS) is 53.4. The molecule has 0 aromatic heterocycles. The molecule has 2 N–H and O–H groups in total. The van der Waals surface area contributed by atoms with E-state index in [0.29, 0.717) is 34.0 Å². The minimum atomic E-state index is -0.190. The molecule has 0 radical (unpaired) electrons. The minimum absolute atomic E-state index is 0.155. The molecule has 31 heavy (non-hydrogen) atoms. The number of aliphatic hydroxyl groups excluding tert-OH is 2. The van der Waals surface area contributed by atoms with E-state index in [0.717, 1.165) is 31.6 Å². The standard InChI is InChI=1S/C29H52O2/c1-19(9-12-25(2,3)4)26(5)14-11-22-24-23(31)18-20-17-21(30)10-13-27(20,6)29(24,8)16-15-28(22,26)7/h19-24,30-31H,9-18H2,1-8H3/t19-,20+,21-,22+,23-,24-,26-,27+,28+,29+/m1/s1. The van der Waals surface area contributed by atoms with Gasteiger partial charge in [-0.15, -0.1) is 0 Å². The van der Waals surface area contributed by atoms with E-state index in [9.17, 15) is 10.2 Å². The maximum atomic E-state index is 11.6. The van der Waals surface area contributed by atoms with E-state index in [1.165, 1.54) is 38.5 Å². The Morgan fingerprint density at radius 1 is 0.839 bits per heavy atom. The van der Waals surface area contributed by atoms with E-state index >= 15 is 0 Å². The monoisotopic (exact) mass is 432 g/mol. The lowest BCUT2D eigenvalue weighted by molar-refractivity contribution is -0.230. The van der Waals surface area contributed by atoms with Gasteiger partial charge in [-0.3, -0.25) is 0 Å². The third kappa shape index (κ3) is 3.39. The third-order valence-corrected chi connectivity index (χ3v) is 12.5. The first kappa shape index (κ1) is 24.1. The predicted octanol–water partition coefficient (Wildman–Crippen LogP) is 7.22. The summed E-state index contributed by atoms with van der Waals surface area (Å²) in [6, 6.07) is 0. The largest absolute Gasteiger partial charge is 0.393 e. The molecule has 4 fully saturated rings. The average molecular weight is 433 g/mol. The first-order valence-corrected chi connectivity index (χ1v) is 13.5. The summed E-state index contributed by atoms with van der Waals surface area (Å²) in [4.78, 5) is 0. The maximum absolute atomic E-state index is 11.6. The smallest absolute Gasteiger partial charge is 0.0579 e. The van der Waals surface area contributed by atoms with Gasteiger partial charge in [0.15, 0.2) is 0 Å². The fourth-order valence-electron chi connectivity index (χ4n) is 9.72. The Morgan fingerprint density at radius 2 is 1.48 bits per heavy atom. The molecule has 2 nitrogen and oxygen atoms in total. The van der Waals surface area contributed by atoms with E-state index in [-0.39, 0.29) is 23.0 Å². The lowest BCUT2D eigenvalue weighted by Gasteiger charge is -2.69. The van der Waals surface area contributed by atoms with Crippen molar-refractivity contribution in [2.75, 3.05) is 0 Å². The van der Waals surface area contributed by atoms with Crippen LogP contribution in [0.25, 0.3) is 0 Å². The summed E-state index contributed by atoms with van der Waals surface area (Å²) in [6.45, 7) is 20.0. The molecule has 0 bridgehead atoms. The van der Waals surface area contributed by atoms with Gasteiger partial charge in [-0.2, -0.15) is 0 Å². The molecule has 0 aliphatic heterocycles. The molecule has 0 unspecified atom stereocenters. The summed E-state index contributed by atoms with van der Waals surface area (Å²) < 4.78 is 0. The fourth-order valence-corrected chi connectivity index (χ4v) is 9.72. The summed E-state index contributed by atoms with van der Waals surface area (Å²) in [6.07, 6.45) is 11.4. The van der Waals surface area contributed by atoms with Crippen LogP contribution >= 0.6 is 0 Å². The fraction of sp³-hybridized carbons (Fsp3) is 1.00. The molecule has 0 spiro atoms. The summed E-state index contributed by atoms with van der Waals surface area (Å²) in [5.41, 5.74) is 1.61. The van der Waals surface area contributed by atoms with Gasteiger partial charge in [0.1, 0.15) is 0 Å². The van der Waals surface area contributed by atoms with Crippen molar-refractivity contribution in [1.82, 2.24) is 0 Å². The lowest BCUT2D eigenvalue weighted by Crippen LogP contribution is -2.64. The molecule has 0 aromatic carbocycles. The highest BCUT2D eigenvalue weighted by Gasteiger charge is 2.69. The van der Waals surface area contributed by atoms with Gasteiger partial charge < -0.3 is 10.2 Å². The van der Waals surface area contributed by atoms with Gasteiger partial charge in [0, 0.05) is 0 Å². The van der Waals surface area contributed by atoms with Gasteiger partial charge in [-0.25, -0.2) is 0 Å².